The summed E-state index contributed by atoms with van der Waals surface area (Å²) >= 11 is 0. The maximum absolute atomic E-state index is 12.6. The maximum atomic E-state index is 12.6. The van der Waals surface area contributed by atoms with Crippen LogP contribution in [0.3, 0.4) is 0 Å². The molecule has 2 N–H and O–H groups in total. The molecule has 26 heavy (non-hydrogen) atoms. The van der Waals surface area contributed by atoms with Crippen molar-refractivity contribution in [3.8, 4) is 5.75 Å². The second-order valence-electron chi connectivity index (χ2n) is 6.26. The summed E-state index contributed by atoms with van der Waals surface area (Å²) in [6, 6.07) is 10.5. The molecular formula is C19H22F3N2O2+. The van der Waals surface area contributed by atoms with E-state index in [1.54, 1.807) is 6.07 Å². The van der Waals surface area contributed by atoms with Gasteiger partial charge in [-0.2, -0.15) is 13.2 Å². The molecule has 0 radical (unpaired) electrons. The maximum Gasteiger partial charge on any atom is 0.416 e. The first-order valence-corrected chi connectivity index (χ1v) is 8.11. The molecule has 0 fully saturated rings. The summed E-state index contributed by atoms with van der Waals surface area (Å²) in [4.78, 5) is 13.1. The number of anilines is 1. The first-order valence-electron chi connectivity index (χ1n) is 8.11. The zero-order chi connectivity index (χ0) is 19.3. The standard InChI is InChI=1S/C19H21F3N2O2/c1-13-4-9-17(26-3)16(10-13)23-18(25)12-24(2)11-14-5-7-15(8-6-14)19(20,21)22/h4-10H,11-12H2,1-3H3,(H,23,25)/p+1. The number of ether oxygens (including phenoxy) is 1. The fourth-order valence-electron chi connectivity index (χ4n) is 2.61. The van der Waals surface area contributed by atoms with E-state index in [1.807, 2.05) is 26.1 Å². The van der Waals surface area contributed by atoms with Crippen LogP contribution in [0.4, 0.5) is 18.9 Å². The molecule has 0 aliphatic heterocycles. The highest BCUT2D eigenvalue weighted by molar-refractivity contribution is 5.93. The van der Waals surface area contributed by atoms with Crippen LogP contribution in [0, 0.1) is 6.92 Å². The summed E-state index contributed by atoms with van der Waals surface area (Å²) in [6.45, 7) is 2.53. The molecule has 0 spiro atoms. The monoisotopic (exact) mass is 367 g/mol. The number of likely N-dealkylation sites (N-methyl/N-ethyl adjacent to an activating group) is 1. The molecule has 2 rings (SSSR count). The molecule has 140 valence electrons. The number of carbonyl (C=O) groups excluding carboxylic acids is 1. The van der Waals surface area contributed by atoms with Crippen LogP contribution in [0.5, 0.6) is 5.75 Å². The van der Waals surface area contributed by atoms with Crippen molar-refractivity contribution in [1.82, 2.24) is 0 Å². The van der Waals surface area contributed by atoms with Crippen LogP contribution in [-0.4, -0.2) is 26.6 Å². The van der Waals surface area contributed by atoms with Gasteiger partial charge in [0.15, 0.2) is 6.54 Å². The molecule has 7 heteroatoms. The number of aryl methyl sites for hydroxylation is 1. The van der Waals surface area contributed by atoms with Gasteiger partial charge in [0.1, 0.15) is 12.3 Å². The van der Waals surface area contributed by atoms with Gasteiger partial charge >= 0.3 is 6.18 Å². The largest absolute Gasteiger partial charge is 0.495 e. The fraction of sp³-hybridized carbons (Fsp3) is 0.316. The molecule has 0 heterocycles. The first-order chi connectivity index (χ1) is 12.2. The lowest BCUT2D eigenvalue weighted by atomic mass is 10.1. The Balaban J connectivity index is 1.94. The van der Waals surface area contributed by atoms with Gasteiger partial charge in [0.05, 0.1) is 25.4 Å². The van der Waals surface area contributed by atoms with E-state index < -0.39 is 11.7 Å². The molecule has 4 nitrogen and oxygen atoms in total. The third kappa shape index (κ3) is 5.49. The molecule has 0 saturated heterocycles. The highest BCUT2D eigenvalue weighted by Crippen LogP contribution is 2.29. The van der Waals surface area contributed by atoms with Crippen molar-refractivity contribution in [2.24, 2.45) is 0 Å². The van der Waals surface area contributed by atoms with Crippen molar-refractivity contribution in [2.45, 2.75) is 19.6 Å². The Labute approximate surface area is 150 Å². The Morgan fingerprint density at radius 1 is 1.15 bits per heavy atom. The third-order valence-electron chi connectivity index (χ3n) is 3.88. The Kier molecular flexibility index (Phi) is 6.26. The molecule has 1 unspecified atom stereocenters. The van der Waals surface area contributed by atoms with Crippen molar-refractivity contribution < 1.29 is 27.6 Å². The second kappa shape index (κ2) is 8.23. The second-order valence-corrected chi connectivity index (χ2v) is 6.26. The Hall–Kier alpha value is -2.54. The molecule has 1 amide bonds. The number of hydrogen-bond donors (Lipinski definition) is 2. The number of amides is 1. The zero-order valence-corrected chi connectivity index (χ0v) is 14.9. The van der Waals surface area contributed by atoms with Crippen LogP contribution in [0.15, 0.2) is 42.5 Å². The van der Waals surface area contributed by atoms with E-state index in [4.69, 9.17) is 4.74 Å². The molecule has 1 atom stereocenters. The quantitative estimate of drug-likeness (QED) is 0.824. The van der Waals surface area contributed by atoms with Crippen LogP contribution in [0.25, 0.3) is 0 Å². The van der Waals surface area contributed by atoms with Gasteiger partial charge < -0.3 is 15.0 Å². The highest BCUT2D eigenvalue weighted by atomic mass is 19.4. The topological polar surface area (TPSA) is 42.8 Å². The van der Waals surface area contributed by atoms with Crippen LogP contribution < -0.4 is 15.0 Å². The Morgan fingerprint density at radius 2 is 1.81 bits per heavy atom. The summed E-state index contributed by atoms with van der Waals surface area (Å²) in [7, 11) is 3.34. The summed E-state index contributed by atoms with van der Waals surface area (Å²) < 4.78 is 43.0. The van der Waals surface area contributed by atoms with Gasteiger partial charge in [-0.15, -0.1) is 0 Å². The van der Waals surface area contributed by atoms with Crippen LogP contribution >= 0.6 is 0 Å². The number of alkyl halides is 3. The van der Waals surface area contributed by atoms with Gasteiger partial charge in [0, 0.05) is 5.56 Å². The average Bonchev–Trinajstić information content (AvgIpc) is 2.54. The summed E-state index contributed by atoms with van der Waals surface area (Å²) in [5, 5.41) is 2.81. The van der Waals surface area contributed by atoms with Gasteiger partial charge in [-0.05, 0) is 36.8 Å². The van der Waals surface area contributed by atoms with Crippen molar-refractivity contribution in [3.63, 3.8) is 0 Å². The van der Waals surface area contributed by atoms with E-state index in [9.17, 15) is 18.0 Å². The summed E-state index contributed by atoms with van der Waals surface area (Å²) in [6.07, 6.45) is -4.34. The number of methoxy groups -OCH3 is 1. The number of benzene rings is 2. The Bertz CT molecular complexity index is 758. The molecule has 0 aliphatic carbocycles. The number of rotatable bonds is 6. The number of carbonyl (C=O) groups is 1. The molecule has 0 aromatic heterocycles. The minimum Gasteiger partial charge on any atom is -0.495 e. The molecule has 2 aromatic carbocycles. The van der Waals surface area contributed by atoms with Gasteiger partial charge in [-0.3, -0.25) is 4.79 Å². The normalized spacial score (nSPS) is 12.5. The molecule has 0 bridgehead atoms. The minimum absolute atomic E-state index is 0.179. The van der Waals surface area contributed by atoms with Crippen molar-refractivity contribution in [2.75, 3.05) is 26.0 Å². The summed E-state index contributed by atoms with van der Waals surface area (Å²) in [5.41, 5.74) is 1.64. The van der Waals surface area contributed by atoms with E-state index >= 15 is 0 Å². The Morgan fingerprint density at radius 3 is 2.38 bits per heavy atom. The summed E-state index contributed by atoms with van der Waals surface area (Å²) in [5.74, 6) is 0.377. The number of halogens is 3. The van der Waals surface area contributed by atoms with Gasteiger partial charge in [0.2, 0.25) is 0 Å². The van der Waals surface area contributed by atoms with E-state index in [1.165, 1.54) is 19.2 Å². The highest BCUT2D eigenvalue weighted by Gasteiger charge is 2.30. The lowest BCUT2D eigenvalue weighted by molar-refractivity contribution is -0.885. The zero-order valence-electron chi connectivity index (χ0n) is 14.9. The molecule has 0 saturated carbocycles. The predicted octanol–water partition coefficient (Wildman–Crippen LogP) is 2.68. The van der Waals surface area contributed by atoms with Gasteiger partial charge in [-0.25, -0.2) is 0 Å². The van der Waals surface area contributed by atoms with Crippen LogP contribution in [0.2, 0.25) is 0 Å². The van der Waals surface area contributed by atoms with Crippen LogP contribution in [0.1, 0.15) is 16.7 Å². The average molecular weight is 367 g/mol. The van der Waals surface area contributed by atoms with E-state index in [-0.39, 0.29) is 12.5 Å². The number of hydrogen-bond acceptors (Lipinski definition) is 2. The smallest absolute Gasteiger partial charge is 0.416 e. The van der Waals surface area contributed by atoms with Gasteiger partial charge in [-0.1, -0.05) is 18.2 Å². The minimum atomic E-state index is -4.34. The predicted molar refractivity (Wildman–Crippen MR) is 93.3 cm³/mol. The fourth-order valence-corrected chi connectivity index (χ4v) is 2.61. The molecular weight excluding hydrogens is 345 g/mol. The third-order valence-corrected chi connectivity index (χ3v) is 3.88. The van der Waals surface area contributed by atoms with Crippen LogP contribution in [-0.2, 0) is 17.5 Å². The SMILES string of the molecule is COc1ccc(C)cc1NC(=O)C[NH+](C)Cc1ccc(C(F)(F)F)cc1. The van der Waals surface area contributed by atoms with Crippen molar-refractivity contribution in [3.05, 3.63) is 59.2 Å². The first kappa shape index (κ1) is 19.8. The lowest BCUT2D eigenvalue weighted by Crippen LogP contribution is -3.08. The number of nitrogens with one attached hydrogen (secondary N) is 2. The van der Waals surface area contributed by atoms with Gasteiger partial charge in [0.25, 0.3) is 5.91 Å². The molecule has 0 aliphatic rings. The van der Waals surface area contributed by atoms with Crippen molar-refractivity contribution in [1.29, 1.82) is 0 Å². The van der Waals surface area contributed by atoms with Crippen molar-refractivity contribution >= 4 is 11.6 Å². The molecule has 2 aromatic rings. The van der Waals surface area contributed by atoms with E-state index in [0.717, 1.165) is 28.2 Å². The van der Waals surface area contributed by atoms with E-state index in [2.05, 4.69) is 5.32 Å². The number of quaternary nitrogens is 1. The van der Waals surface area contributed by atoms with E-state index in [0.29, 0.717) is 18.0 Å². The lowest BCUT2D eigenvalue weighted by Gasteiger charge is -2.16.